The predicted molar refractivity (Wildman–Crippen MR) is 67.6 cm³/mol. The van der Waals surface area contributed by atoms with Crippen molar-refractivity contribution in [3.05, 3.63) is 29.8 Å². The van der Waals surface area contributed by atoms with Gasteiger partial charge in [0.15, 0.2) is 0 Å². The normalized spacial score (nSPS) is 16.6. The molecule has 1 aromatic carbocycles. The van der Waals surface area contributed by atoms with E-state index in [0.717, 1.165) is 24.2 Å². The van der Waals surface area contributed by atoms with Crippen LogP contribution in [0, 0.1) is 0 Å². The average molecular weight is 250 g/mol. The van der Waals surface area contributed by atoms with Crippen molar-refractivity contribution in [2.45, 2.75) is 25.5 Å². The van der Waals surface area contributed by atoms with E-state index in [-0.39, 0.29) is 6.10 Å². The van der Waals surface area contributed by atoms with E-state index in [1.54, 1.807) is 0 Å². The van der Waals surface area contributed by atoms with Crippen molar-refractivity contribution in [3.8, 4) is 5.75 Å². The topological polar surface area (TPSA) is 75.8 Å². The number of ether oxygens (including phenoxy) is 1. The van der Waals surface area contributed by atoms with Crippen LogP contribution >= 0.6 is 0 Å². The lowest BCUT2D eigenvalue weighted by Crippen LogP contribution is -2.41. The highest BCUT2D eigenvalue weighted by Gasteiger charge is 2.23. The number of hydrogen-bond donors (Lipinski definition) is 2. The molecule has 0 unspecified atom stereocenters. The van der Waals surface area contributed by atoms with E-state index in [1.165, 1.54) is 4.90 Å². The smallest absolute Gasteiger partial charge is 0.407 e. The van der Waals surface area contributed by atoms with Crippen molar-refractivity contribution in [1.29, 1.82) is 0 Å². The van der Waals surface area contributed by atoms with Gasteiger partial charge in [0.1, 0.15) is 11.9 Å². The summed E-state index contributed by atoms with van der Waals surface area (Å²) in [5.74, 6) is 0.812. The van der Waals surface area contributed by atoms with Gasteiger partial charge in [-0.15, -0.1) is 0 Å². The Balaban J connectivity index is 1.89. The Morgan fingerprint density at radius 1 is 1.44 bits per heavy atom. The van der Waals surface area contributed by atoms with Crippen molar-refractivity contribution in [2.24, 2.45) is 5.73 Å². The molecular formula is C13H18N2O3. The number of rotatable bonds is 3. The standard InChI is InChI=1S/C13H18N2O3/c14-9-10-2-1-3-12(8-10)18-11-4-6-15(7-5-11)13(16)17/h1-3,8,11H,4-7,9,14H2,(H,16,17). The van der Waals surface area contributed by atoms with Gasteiger partial charge in [0.2, 0.25) is 0 Å². The minimum Gasteiger partial charge on any atom is -0.490 e. The third-order valence-electron chi connectivity index (χ3n) is 3.15. The van der Waals surface area contributed by atoms with E-state index in [2.05, 4.69) is 0 Å². The first-order chi connectivity index (χ1) is 8.69. The van der Waals surface area contributed by atoms with Crippen LogP contribution in [0.2, 0.25) is 0 Å². The molecule has 2 rings (SSSR count). The summed E-state index contributed by atoms with van der Waals surface area (Å²) >= 11 is 0. The predicted octanol–water partition coefficient (Wildman–Crippen LogP) is 1.67. The molecule has 18 heavy (non-hydrogen) atoms. The van der Waals surface area contributed by atoms with Crippen LogP contribution in [-0.4, -0.2) is 35.3 Å². The molecule has 1 fully saturated rings. The maximum Gasteiger partial charge on any atom is 0.407 e. The highest BCUT2D eigenvalue weighted by atomic mass is 16.5. The Hall–Kier alpha value is -1.75. The van der Waals surface area contributed by atoms with Gasteiger partial charge in [0.25, 0.3) is 0 Å². The molecule has 1 amide bonds. The third kappa shape index (κ3) is 3.13. The minimum absolute atomic E-state index is 0.0913. The van der Waals surface area contributed by atoms with Crippen molar-refractivity contribution in [1.82, 2.24) is 4.90 Å². The summed E-state index contributed by atoms with van der Waals surface area (Å²) < 4.78 is 5.85. The molecule has 1 aliphatic rings. The van der Waals surface area contributed by atoms with E-state index in [0.29, 0.717) is 19.6 Å². The Morgan fingerprint density at radius 3 is 2.78 bits per heavy atom. The molecule has 1 aliphatic heterocycles. The van der Waals surface area contributed by atoms with Crippen LogP contribution in [0.3, 0.4) is 0 Å². The van der Waals surface area contributed by atoms with Gasteiger partial charge in [-0.1, -0.05) is 12.1 Å². The summed E-state index contributed by atoms with van der Waals surface area (Å²) in [4.78, 5) is 12.2. The van der Waals surface area contributed by atoms with Crippen LogP contribution in [0.5, 0.6) is 5.75 Å². The Morgan fingerprint density at radius 2 is 2.17 bits per heavy atom. The lowest BCUT2D eigenvalue weighted by Gasteiger charge is -2.30. The van der Waals surface area contributed by atoms with Gasteiger partial charge >= 0.3 is 6.09 Å². The molecule has 5 heteroatoms. The van der Waals surface area contributed by atoms with Crippen molar-refractivity contribution < 1.29 is 14.6 Å². The first-order valence-electron chi connectivity index (χ1n) is 6.12. The zero-order valence-electron chi connectivity index (χ0n) is 10.2. The first kappa shape index (κ1) is 12.7. The number of piperidine rings is 1. The quantitative estimate of drug-likeness (QED) is 0.855. The molecule has 0 radical (unpaired) electrons. The molecule has 0 spiro atoms. The summed E-state index contributed by atoms with van der Waals surface area (Å²) in [5.41, 5.74) is 6.61. The number of nitrogens with zero attached hydrogens (tertiary/aromatic N) is 1. The van der Waals surface area contributed by atoms with Gasteiger partial charge in [-0.25, -0.2) is 4.79 Å². The third-order valence-corrected chi connectivity index (χ3v) is 3.15. The molecule has 1 heterocycles. The largest absolute Gasteiger partial charge is 0.490 e. The Labute approximate surface area is 106 Å². The molecule has 0 aliphatic carbocycles. The second-order valence-electron chi connectivity index (χ2n) is 4.44. The SMILES string of the molecule is NCc1cccc(OC2CCN(C(=O)O)CC2)c1. The molecule has 98 valence electrons. The molecule has 0 bridgehead atoms. The van der Waals surface area contributed by atoms with Crippen LogP contribution in [-0.2, 0) is 6.54 Å². The van der Waals surface area contributed by atoms with Gasteiger partial charge in [0.05, 0.1) is 0 Å². The minimum atomic E-state index is -0.849. The van der Waals surface area contributed by atoms with Gasteiger partial charge in [0, 0.05) is 32.5 Å². The zero-order chi connectivity index (χ0) is 13.0. The molecule has 0 saturated carbocycles. The molecule has 5 nitrogen and oxygen atoms in total. The number of carboxylic acid groups (broad SMARTS) is 1. The summed E-state index contributed by atoms with van der Waals surface area (Å²) in [6.07, 6.45) is 0.713. The number of carbonyl (C=O) groups is 1. The van der Waals surface area contributed by atoms with Crippen molar-refractivity contribution in [3.63, 3.8) is 0 Å². The van der Waals surface area contributed by atoms with Crippen molar-refractivity contribution >= 4 is 6.09 Å². The van der Waals surface area contributed by atoms with Crippen molar-refractivity contribution in [2.75, 3.05) is 13.1 Å². The maximum atomic E-state index is 10.8. The van der Waals surface area contributed by atoms with Gasteiger partial charge in [-0.2, -0.15) is 0 Å². The first-order valence-corrected chi connectivity index (χ1v) is 6.12. The van der Waals surface area contributed by atoms with Crippen LogP contribution in [0.15, 0.2) is 24.3 Å². The highest BCUT2D eigenvalue weighted by molar-refractivity contribution is 5.65. The lowest BCUT2D eigenvalue weighted by molar-refractivity contribution is 0.0894. The molecule has 1 saturated heterocycles. The highest BCUT2D eigenvalue weighted by Crippen LogP contribution is 2.20. The van der Waals surface area contributed by atoms with Crippen LogP contribution in [0.4, 0.5) is 4.79 Å². The fraction of sp³-hybridized carbons (Fsp3) is 0.462. The monoisotopic (exact) mass is 250 g/mol. The number of likely N-dealkylation sites (tertiary alicyclic amines) is 1. The summed E-state index contributed by atoms with van der Waals surface area (Å²) in [6.45, 7) is 1.57. The summed E-state index contributed by atoms with van der Waals surface area (Å²) in [6, 6.07) is 7.72. The Bertz CT molecular complexity index is 414. The van der Waals surface area contributed by atoms with E-state index < -0.39 is 6.09 Å². The van der Waals surface area contributed by atoms with E-state index in [9.17, 15) is 4.79 Å². The number of amides is 1. The fourth-order valence-electron chi connectivity index (χ4n) is 2.10. The molecule has 1 aromatic rings. The zero-order valence-corrected chi connectivity index (χ0v) is 10.2. The molecule has 0 atom stereocenters. The second-order valence-corrected chi connectivity index (χ2v) is 4.44. The van der Waals surface area contributed by atoms with Crippen LogP contribution in [0.25, 0.3) is 0 Å². The second kappa shape index (κ2) is 5.73. The van der Waals surface area contributed by atoms with Crippen LogP contribution < -0.4 is 10.5 Å². The van der Waals surface area contributed by atoms with Crippen LogP contribution in [0.1, 0.15) is 18.4 Å². The van der Waals surface area contributed by atoms with Gasteiger partial charge in [-0.3, -0.25) is 0 Å². The van der Waals surface area contributed by atoms with E-state index in [1.807, 2.05) is 24.3 Å². The van der Waals surface area contributed by atoms with E-state index >= 15 is 0 Å². The number of hydrogen-bond acceptors (Lipinski definition) is 3. The fourth-order valence-corrected chi connectivity index (χ4v) is 2.10. The van der Waals surface area contributed by atoms with Gasteiger partial charge in [-0.05, 0) is 17.7 Å². The molecule has 3 N–H and O–H groups in total. The maximum absolute atomic E-state index is 10.8. The average Bonchev–Trinajstić information content (AvgIpc) is 2.39. The summed E-state index contributed by atoms with van der Waals surface area (Å²) in [5, 5.41) is 8.85. The Kier molecular flexibility index (Phi) is 4.04. The summed E-state index contributed by atoms with van der Waals surface area (Å²) in [7, 11) is 0. The van der Waals surface area contributed by atoms with E-state index in [4.69, 9.17) is 15.6 Å². The molecular weight excluding hydrogens is 232 g/mol. The number of benzene rings is 1. The van der Waals surface area contributed by atoms with Gasteiger partial charge < -0.3 is 20.5 Å². The molecule has 0 aromatic heterocycles. The number of nitrogens with two attached hydrogens (primary N) is 1. The lowest BCUT2D eigenvalue weighted by atomic mass is 10.1.